The molecule has 0 aromatic carbocycles. The van der Waals surface area contributed by atoms with Crippen molar-refractivity contribution in [3.63, 3.8) is 0 Å². The van der Waals surface area contributed by atoms with Crippen LogP contribution in [-0.2, 0) is 4.79 Å². The second-order valence-corrected chi connectivity index (χ2v) is 4.10. The van der Waals surface area contributed by atoms with Crippen molar-refractivity contribution in [1.82, 2.24) is 0 Å². The molecule has 0 spiro atoms. The Morgan fingerprint density at radius 1 is 1.64 bits per heavy atom. The lowest BCUT2D eigenvalue weighted by Crippen LogP contribution is -2.54. The van der Waals surface area contributed by atoms with Crippen LogP contribution in [0.3, 0.4) is 0 Å². The van der Waals surface area contributed by atoms with Gasteiger partial charge in [0.2, 0.25) is 0 Å². The molecule has 0 bridgehead atoms. The van der Waals surface area contributed by atoms with E-state index in [1.165, 1.54) is 0 Å². The molecule has 0 aromatic heterocycles. The molecule has 0 fully saturated rings. The average Bonchev–Trinajstić information content (AvgIpc) is 2.12. The van der Waals surface area contributed by atoms with Gasteiger partial charge in [0.1, 0.15) is 5.92 Å². The summed E-state index contributed by atoms with van der Waals surface area (Å²) in [6.45, 7) is 0.108. The van der Waals surface area contributed by atoms with E-state index in [9.17, 15) is 4.79 Å². The highest BCUT2D eigenvalue weighted by Crippen LogP contribution is 2.27. The number of allylic oxidation sites excluding steroid dienone is 4. The first-order valence-electron chi connectivity index (χ1n) is 4.22. The summed E-state index contributed by atoms with van der Waals surface area (Å²) in [5, 5.41) is 0. The number of halogens is 1. The van der Waals surface area contributed by atoms with Crippen molar-refractivity contribution in [1.29, 1.82) is 0 Å². The van der Waals surface area contributed by atoms with Gasteiger partial charge in [-0.25, -0.2) is 0 Å². The molecule has 4 nitrogen and oxygen atoms in total. The van der Waals surface area contributed by atoms with E-state index in [-0.39, 0.29) is 12.3 Å². The maximum Gasteiger partial charge on any atom is 0.184 e. The van der Waals surface area contributed by atoms with Gasteiger partial charge in [0, 0.05) is 5.70 Å². The number of aliphatic imine (C=N–C) groups is 1. The van der Waals surface area contributed by atoms with E-state index in [2.05, 4.69) is 4.99 Å². The minimum absolute atomic E-state index is 0.108. The van der Waals surface area contributed by atoms with Crippen molar-refractivity contribution in [2.24, 2.45) is 22.4 Å². The van der Waals surface area contributed by atoms with Crippen molar-refractivity contribution in [3.05, 3.63) is 23.9 Å². The Hall–Kier alpha value is -1.13. The number of ketones is 1. The first-order valence-corrected chi connectivity index (χ1v) is 4.60. The number of hydrogen-bond acceptors (Lipinski definition) is 4. The van der Waals surface area contributed by atoms with Gasteiger partial charge in [-0.15, -0.1) is 0 Å². The molecule has 2 rings (SSSR count). The van der Waals surface area contributed by atoms with Crippen molar-refractivity contribution >= 4 is 23.1 Å². The molecule has 2 aliphatic rings. The van der Waals surface area contributed by atoms with Gasteiger partial charge in [-0.2, -0.15) is 0 Å². The zero-order valence-electron chi connectivity index (χ0n) is 7.40. The van der Waals surface area contributed by atoms with E-state index in [1.807, 2.05) is 0 Å². The zero-order valence-corrected chi connectivity index (χ0v) is 8.16. The Morgan fingerprint density at radius 2 is 2.36 bits per heavy atom. The summed E-state index contributed by atoms with van der Waals surface area (Å²) >= 11 is 5.82. The van der Waals surface area contributed by atoms with Crippen LogP contribution >= 0.6 is 11.6 Å². The van der Waals surface area contributed by atoms with Crippen LogP contribution in [0.5, 0.6) is 0 Å². The third-order valence-corrected chi connectivity index (χ3v) is 2.65. The lowest BCUT2D eigenvalue weighted by Gasteiger charge is -2.31. The maximum absolute atomic E-state index is 11.8. The van der Waals surface area contributed by atoms with Gasteiger partial charge >= 0.3 is 0 Å². The summed E-state index contributed by atoms with van der Waals surface area (Å²) in [7, 11) is 0. The highest BCUT2D eigenvalue weighted by Gasteiger charge is 2.43. The number of hydrogen-bond donors (Lipinski definition) is 2. The SMILES string of the molecule is NC1=CC=CC2=NCC(N)(Cl)C(=O)C12. The average molecular weight is 212 g/mol. The Kier molecular flexibility index (Phi) is 1.97. The van der Waals surface area contributed by atoms with E-state index in [0.29, 0.717) is 11.4 Å². The number of Topliss-reactive ketones (excluding diaryl/α,β-unsaturated/α-hetero) is 1. The molecule has 74 valence electrons. The molecule has 5 heteroatoms. The number of nitrogens with two attached hydrogens (primary N) is 2. The Balaban J connectivity index is 2.46. The molecule has 4 N–H and O–H groups in total. The summed E-state index contributed by atoms with van der Waals surface area (Å²) < 4.78 is 0. The van der Waals surface area contributed by atoms with E-state index >= 15 is 0 Å². The molecule has 2 unspecified atom stereocenters. The van der Waals surface area contributed by atoms with E-state index in [1.54, 1.807) is 18.2 Å². The number of fused-ring (bicyclic) bond motifs is 1. The molecule has 0 saturated heterocycles. The quantitative estimate of drug-likeness (QED) is 0.435. The molecule has 1 aliphatic heterocycles. The second-order valence-electron chi connectivity index (χ2n) is 3.43. The molecule has 0 radical (unpaired) electrons. The fourth-order valence-electron chi connectivity index (χ4n) is 1.57. The smallest absolute Gasteiger partial charge is 0.184 e. The lowest BCUT2D eigenvalue weighted by atomic mass is 9.85. The molecule has 2 atom stereocenters. The van der Waals surface area contributed by atoms with Crippen LogP contribution in [0.15, 0.2) is 28.9 Å². The van der Waals surface area contributed by atoms with Crippen molar-refractivity contribution in [3.8, 4) is 0 Å². The van der Waals surface area contributed by atoms with Gasteiger partial charge in [-0.05, 0) is 12.2 Å². The number of alkyl halides is 1. The molecule has 0 amide bonds. The summed E-state index contributed by atoms with van der Waals surface area (Å²) in [5.41, 5.74) is 12.4. The van der Waals surface area contributed by atoms with Crippen LogP contribution in [0.1, 0.15) is 0 Å². The van der Waals surface area contributed by atoms with E-state index in [4.69, 9.17) is 23.1 Å². The van der Waals surface area contributed by atoms with Crippen LogP contribution in [0, 0.1) is 5.92 Å². The highest BCUT2D eigenvalue weighted by atomic mass is 35.5. The Morgan fingerprint density at radius 3 is 3.07 bits per heavy atom. The molecule has 1 heterocycles. The predicted molar refractivity (Wildman–Crippen MR) is 55.0 cm³/mol. The molecular formula is C9H10ClN3O. The van der Waals surface area contributed by atoms with Gasteiger partial charge < -0.3 is 11.5 Å². The normalized spacial score (nSPS) is 36.1. The number of carbonyl (C=O) groups is 1. The van der Waals surface area contributed by atoms with Crippen LogP contribution in [0.25, 0.3) is 0 Å². The van der Waals surface area contributed by atoms with E-state index in [0.717, 1.165) is 0 Å². The summed E-state index contributed by atoms with van der Waals surface area (Å²) in [4.78, 5) is 14.5. The Labute approximate surface area is 86.3 Å². The van der Waals surface area contributed by atoms with E-state index < -0.39 is 10.9 Å². The summed E-state index contributed by atoms with van der Waals surface area (Å²) in [6, 6.07) is 0. The minimum atomic E-state index is -1.40. The van der Waals surface area contributed by atoms with Crippen molar-refractivity contribution < 1.29 is 4.79 Å². The molecule has 0 aromatic rings. The maximum atomic E-state index is 11.8. The largest absolute Gasteiger partial charge is 0.401 e. The van der Waals surface area contributed by atoms with Gasteiger partial charge in [0.05, 0.1) is 12.3 Å². The summed E-state index contributed by atoms with van der Waals surface area (Å²) in [5.74, 6) is -0.835. The fraction of sp³-hybridized carbons (Fsp3) is 0.333. The number of nitrogens with zero attached hydrogens (tertiary/aromatic N) is 1. The minimum Gasteiger partial charge on any atom is -0.401 e. The summed E-state index contributed by atoms with van der Waals surface area (Å²) in [6.07, 6.45) is 5.18. The third-order valence-electron chi connectivity index (χ3n) is 2.35. The van der Waals surface area contributed by atoms with Crippen molar-refractivity contribution in [2.45, 2.75) is 5.00 Å². The fourth-order valence-corrected chi connectivity index (χ4v) is 1.74. The van der Waals surface area contributed by atoms with Crippen LogP contribution in [0.4, 0.5) is 0 Å². The highest BCUT2D eigenvalue weighted by molar-refractivity contribution is 6.39. The predicted octanol–water partition coefficient (Wildman–Crippen LogP) is -0.0675. The van der Waals surface area contributed by atoms with Gasteiger partial charge in [0.15, 0.2) is 10.8 Å². The molecule has 1 aliphatic carbocycles. The van der Waals surface area contributed by atoms with Gasteiger partial charge in [0.25, 0.3) is 0 Å². The molecule has 14 heavy (non-hydrogen) atoms. The standard InChI is InChI=1S/C9H10ClN3O/c10-9(12)4-13-6-3-1-2-5(11)7(6)8(9)14/h1-3,7H,4,11-12H2. The van der Waals surface area contributed by atoms with Crippen LogP contribution in [-0.4, -0.2) is 23.0 Å². The monoisotopic (exact) mass is 211 g/mol. The first-order chi connectivity index (χ1) is 6.52. The molecular weight excluding hydrogens is 202 g/mol. The van der Waals surface area contributed by atoms with Gasteiger partial charge in [-0.1, -0.05) is 17.7 Å². The lowest BCUT2D eigenvalue weighted by molar-refractivity contribution is -0.122. The number of carbonyl (C=O) groups excluding carboxylic acids is 1. The van der Waals surface area contributed by atoms with Crippen LogP contribution in [0.2, 0.25) is 0 Å². The third kappa shape index (κ3) is 1.27. The molecule has 0 saturated carbocycles. The number of rotatable bonds is 0. The van der Waals surface area contributed by atoms with Gasteiger partial charge in [-0.3, -0.25) is 9.79 Å². The zero-order chi connectivity index (χ0) is 10.3. The first kappa shape index (κ1) is 9.43. The topological polar surface area (TPSA) is 81.5 Å². The van der Waals surface area contributed by atoms with Crippen LogP contribution < -0.4 is 11.5 Å². The Bertz CT molecular complexity index is 382. The second kappa shape index (κ2) is 2.93. The van der Waals surface area contributed by atoms with Crippen molar-refractivity contribution in [2.75, 3.05) is 6.54 Å².